The van der Waals surface area contributed by atoms with Crippen LogP contribution in [0.15, 0.2) is 18.2 Å². The maximum atomic E-state index is 12.0. The van der Waals surface area contributed by atoms with Crippen molar-refractivity contribution in [3.8, 4) is 0 Å². The van der Waals surface area contributed by atoms with Gasteiger partial charge in [0.05, 0.1) is 0 Å². The lowest BCUT2D eigenvalue weighted by Gasteiger charge is -2.25. The second-order valence-corrected chi connectivity index (χ2v) is 5.57. The molecular formula is C14H17ClN2O3. The number of rotatable bonds is 3. The molecule has 0 heterocycles. The quantitative estimate of drug-likeness (QED) is 0.801. The molecule has 0 spiro atoms. The fourth-order valence-corrected chi connectivity index (χ4v) is 2.64. The Balaban J connectivity index is 2.08. The summed E-state index contributed by atoms with van der Waals surface area (Å²) in [6.07, 6.45) is 2.54. The Kier molecular flexibility index (Phi) is 4.18. The molecule has 1 aliphatic carbocycles. The smallest absolute Gasteiger partial charge is 0.329 e. The number of aryl methyl sites for hydroxylation is 1. The molecule has 2 rings (SSSR count). The van der Waals surface area contributed by atoms with Crippen molar-refractivity contribution in [2.45, 2.75) is 38.1 Å². The van der Waals surface area contributed by atoms with Crippen molar-refractivity contribution < 1.29 is 14.7 Å². The number of benzene rings is 1. The van der Waals surface area contributed by atoms with E-state index in [0.29, 0.717) is 23.6 Å². The van der Waals surface area contributed by atoms with Gasteiger partial charge in [0.1, 0.15) is 5.54 Å². The van der Waals surface area contributed by atoms with Gasteiger partial charge in [0.15, 0.2) is 0 Å². The average Bonchev–Trinajstić information content (AvgIpc) is 2.83. The highest BCUT2D eigenvalue weighted by Gasteiger charge is 2.42. The minimum Gasteiger partial charge on any atom is -0.480 e. The molecule has 0 unspecified atom stereocenters. The lowest BCUT2D eigenvalue weighted by Crippen LogP contribution is -2.53. The molecule has 5 nitrogen and oxygen atoms in total. The summed E-state index contributed by atoms with van der Waals surface area (Å²) in [6, 6.07) is 4.65. The van der Waals surface area contributed by atoms with Gasteiger partial charge in [-0.05, 0) is 37.5 Å². The Labute approximate surface area is 122 Å². The van der Waals surface area contributed by atoms with E-state index in [4.69, 9.17) is 11.6 Å². The zero-order valence-electron chi connectivity index (χ0n) is 11.2. The Morgan fingerprint density at radius 3 is 2.55 bits per heavy atom. The molecule has 20 heavy (non-hydrogen) atoms. The summed E-state index contributed by atoms with van der Waals surface area (Å²) in [5, 5.41) is 15.1. The third kappa shape index (κ3) is 3.04. The summed E-state index contributed by atoms with van der Waals surface area (Å²) in [4.78, 5) is 23.4. The van der Waals surface area contributed by atoms with Gasteiger partial charge in [-0.1, -0.05) is 30.5 Å². The van der Waals surface area contributed by atoms with Gasteiger partial charge in [0.25, 0.3) is 0 Å². The van der Waals surface area contributed by atoms with Crippen molar-refractivity contribution >= 4 is 29.3 Å². The van der Waals surface area contributed by atoms with Gasteiger partial charge >= 0.3 is 12.0 Å². The lowest BCUT2D eigenvalue weighted by molar-refractivity contribution is -0.144. The molecular weight excluding hydrogens is 280 g/mol. The van der Waals surface area contributed by atoms with Crippen LogP contribution in [0.25, 0.3) is 0 Å². The number of hydrogen-bond donors (Lipinski definition) is 3. The third-order valence-electron chi connectivity index (χ3n) is 3.67. The second kappa shape index (κ2) is 5.71. The van der Waals surface area contributed by atoms with Crippen molar-refractivity contribution in [1.82, 2.24) is 5.32 Å². The van der Waals surface area contributed by atoms with Gasteiger partial charge in [-0.3, -0.25) is 0 Å². The van der Waals surface area contributed by atoms with Gasteiger partial charge in [0, 0.05) is 10.7 Å². The first kappa shape index (κ1) is 14.7. The molecule has 1 aromatic rings. The number of amides is 2. The number of carbonyl (C=O) groups excluding carboxylic acids is 1. The van der Waals surface area contributed by atoms with E-state index in [0.717, 1.165) is 18.4 Å². The van der Waals surface area contributed by atoms with E-state index in [9.17, 15) is 14.7 Å². The number of carboxylic acid groups (broad SMARTS) is 1. The molecule has 1 aromatic carbocycles. The van der Waals surface area contributed by atoms with Gasteiger partial charge < -0.3 is 15.7 Å². The Morgan fingerprint density at radius 2 is 1.95 bits per heavy atom. The number of anilines is 1. The summed E-state index contributed by atoms with van der Waals surface area (Å²) >= 11 is 5.88. The van der Waals surface area contributed by atoms with Crippen LogP contribution in [0.2, 0.25) is 5.02 Å². The first-order valence-electron chi connectivity index (χ1n) is 6.52. The van der Waals surface area contributed by atoms with Crippen LogP contribution in [0.3, 0.4) is 0 Å². The summed E-state index contributed by atoms with van der Waals surface area (Å²) in [6.45, 7) is 1.84. The molecule has 0 atom stereocenters. The predicted octanol–water partition coefficient (Wildman–Crippen LogP) is 3.17. The van der Waals surface area contributed by atoms with Crippen molar-refractivity contribution in [3.05, 3.63) is 28.8 Å². The molecule has 1 fully saturated rings. The largest absolute Gasteiger partial charge is 0.480 e. The minimum absolute atomic E-state index is 0.463. The van der Waals surface area contributed by atoms with Crippen molar-refractivity contribution in [2.75, 3.05) is 5.32 Å². The van der Waals surface area contributed by atoms with E-state index in [1.165, 1.54) is 0 Å². The van der Waals surface area contributed by atoms with Crippen molar-refractivity contribution in [3.63, 3.8) is 0 Å². The first-order valence-corrected chi connectivity index (χ1v) is 6.89. The predicted molar refractivity (Wildman–Crippen MR) is 77.2 cm³/mol. The van der Waals surface area contributed by atoms with Crippen LogP contribution < -0.4 is 10.6 Å². The lowest BCUT2D eigenvalue weighted by atomic mass is 9.98. The fraction of sp³-hybridized carbons (Fsp3) is 0.429. The first-order chi connectivity index (χ1) is 9.43. The molecule has 0 aliphatic heterocycles. The van der Waals surface area contributed by atoms with Gasteiger partial charge in [0.2, 0.25) is 0 Å². The van der Waals surface area contributed by atoms with Crippen LogP contribution in [-0.2, 0) is 4.79 Å². The molecule has 3 N–H and O–H groups in total. The van der Waals surface area contributed by atoms with Crippen LogP contribution in [0.1, 0.15) is 31.2 Å². The molecule has 1 aliphatic rings. The number of carboxylic acids is 1. The molecule has 2 amide bonds. The Hall–Kier alpha value is -1.75. The number of halogens is 1. The second-order valence-electron chi connectivity index (χ2n) is 5.13. The van der Waals surface area contributed by atoms with E-state index in [1.807, 2.05) is 6.92 Å². The van der Waals surface area contributed by atoms with Crippen molar-refractivity contribution in [1.29, 1.82) is 0 Å². The van der Waals surface area contributed by atoms with Crippen LogP contribution in [0.4, 0.5) is 10.5 Å². The molecule has 0 radical (unpaired) electrons. The van der Waals surface area contributed by atoms with Crippen molar-refractivity contribution in [2.24, 2.45) is 0 Å². The third-order valence-corrected chi connectivity index (χ3v) is 3.90. The molecule has 0 saturated heterocycles. The zero-order chi connectivity index (χ0) is 14.8. The van der Waals surface area contributed by atoms with Gasteiger partial charge in [-0.15, -0.1) is 0 Å². The summed E-state index contributed by atoms with van der Waals surface area (Å²) < 4.78 is 0. The molecule has 6 heteroatoms. The molecule has 0 bridgehead atoms. The number of hydrogen-bond acceptors (Lipinski definition) is 2. The molecule has 108 valence electrons. The number of aliphatic carboxylic acids is 1. The van der Waals surface area contributed by atoms with E-state index in [1.54, 1.807) is 18.2 Å². The SMILES string of the molecule is Cc1ccc(Cl)cc1NC(=O)NC1(C(=O)O)CCCC1. The standard InChI is InChI=1S/C14H17ClN2O3/c1-9-4-5-10(15)8-11(9)16-13(20)17-14(12(18)19)6-2-3-7-14/h4-5,8H,2-3,6-7H2,1H3,(H,18,19)(H2,16,17,20). The Bertz CT molecular complexity index is 539. The fourth-order valence-electron chi connectivity index (χ4n) is 2.47. The number of nitrogens with one attached hydrogen (secondary N) is 2. The van der Waals surface area contributed by atoms with Crippen LogP contribution in [-0.4, -0.2) is 22.6 Å². The summed E-state index contributed by atoms with van der Waals surface area (Å²) in [7, 11) is 0. The zero-order valence-corrected chi connectivity index (χ0v) is 12.0. The highest BCUT2D eigenvalue weighted by Crippen LogP contribution is 2.30. The van der Waals surface area contributed by atoms with Crippen LogP contribution >= 0.6 is 11.6 Å². The summed E-state index contributed by atoms with van der Waals surface area (Å²) in [5.41, 5.74) is 0.296. The maximum absolute atomic E-state index is 12.0. The van der Waals surface area contributed by atoms with Crippen LogP contribution in [0.5, 0.6) is 0 Å². The molecule has 1 saturated carbocycles. The Morgan fingerprint density at radius 1 is 1.30 bits per heavy atom. The van der Waals surface area contributed by atoms with Gasteiger partial charge in [-0.25, -0.2) is 9.59 Å². The molecule has 0 aromatic heterocycles. The highest BCUT2D eigenvalue weighted by atomic mass is 35.5. The van der Waals surface area contributed by atoms with Gasteiger partial charge in [-0.2, -0.15) is 0 Å². The number of carbonyl (C=O) groups is 2. The van der Waals surface area contributed by atoms with E-state index < -0.39 is 17.5 Å². The minimum atomic E-state index is -1.14. The topological polar surface area (TPSA) is 78.4 Å². The van der Waals surface area contributed by atoms with E-state index >= 15 is 0 Å². The van der Waals surface area contributed by atoms with E-state index in [-0.39, 0.29) is 0 Å². The average molecular weight is 297 g/mol. The van der Waals surface area contributed by atoms with Crippen LogP contribution in [0, 0.1) is 6.92 Å². The maximum Gasteiger partial charge on any atom is 0.329 e. The normalized spacial score (nSPS) is 16.7. The monoisotopic (exact) mass is 296 g/mol. The van der Waals surface area contributed by atoms with E-state index in [2.05, 4.69) is 10.6 Å². The number of urea groups is 1. The summed E-state index contributed by atoms with van der Waals surface area (Å²) in [5.74, 6) is -0.979. The highest BCUT2D eigenvalue weighted by molar-refractivity contribution is 6.31.